The average molecular weight is 557 g/mol. The van der Waals surface area contributed by atoms with Gasteiger partial charge in [0.05, 0.1) is 31.9 Å². The highest BCUT2D eigenvalue weighted by Gasteiger charge is 2.37. The monoisotopic (exact) mass is 556 g/mol. The number of aromatic nitrogens is 3. The first-order valence-corrected chi connectivity index (χ1v) is 14.4. The largest absolute Gasteiger partial charge is 0.494 e. The summed E-state index contributed by atoms with van der Waals surface area (Å²) in [6.45, 7) is 9.04. The number of benzene rings is 1. The van der Waals surface area contributed by atoms with Crippen molar-refractivity contribution in [3.63, 3.8) is 0 Å². The third-order valence-corrected chi connectivity index (χ3v) is 7.55. The van der Waals surface area contributed by atoms with Gasteiger partial charge in [0.1, 0.15) is 11.4 Å². The molecule has 11 heteroatoms. The number of nitrogens with zero attached hydrogens (tertiary/aromatic N) is 5. The van der Waals surface area contributed by atoms with Gasteiger partial charge >= 0.3 is 0 Å². The van der Waals surface area contributed by atoms with E-state index in [4.69, 9.17) is 14.2 Å². The molecule has 0 radical (unpaired) electrons. The quantitative estimate of drug-likeness (QED) is 0.396. The summed E-state index contributed by atoms with van der Waals surface area (Å²) in [6, 6.07) is 7.48. The minimum absolute atomic E-state index is 0.128. The van der Waals surface area contributed by atoms with Crippen LogP contribution < -0.4 is 10.1 Å². The van der Waals surface area contributed by atoms with Crippen LogP contribution in [0.5, 0.6) is 5.75 Å². The third kappa shape index (κ3) is 7.18. The summed E-state index contributed by atoms with van der Waals surface area (Å²) < 4.78 is 18.0. The molecule has 2 fully saturated rings. The topological polar surface area (TPSA) is 111 Å². The Labute approximate surface area is 237 Å². The van der Waals surface area contributed by atoms with E-state index in [2.05, 4.69) is 29.5 Å². The Morgan fingerprint density at radius 2 is 1.93 bits per heavy atom. The molecule has 2 amide bonds. The van der Waals surface area contributed by atoms with Crippen molar-refractivity contribution in [1.29, 1.82) is 0 Å². The molecule has 0 bridgehead atoms. The van der Waals surface area contributed by atoms with Crippen LogP contribution in [0, 0.1) is 11.8 Å². The van der Waals surface area contributed by atoms with Gasteiger partial charge < -0.3 is 29.3 Å². The Balaban J connectivity index is 1.62. The van der Waals surface area contributed by atoms with E-state index in [1.807, 2.05) is 34.1 Å². The van der Waals surface area contributed by atoms with Crippen molar-refractivity contribution < 1.29 is 23.8 Å². The lowest BCUT2D eigenvalue weighted by Crippen LogP contribution is -2.56. The van der Waals surface area contributed by atoms with Crippen molar-refractivity contribution in [1.82, 2.24) is 30.1 Å². The molecular weight excluding hydrogens is 512 g/mol. The third-order valence-electron chi connectivity index (χ3n) is 7.55. The van der Waals surface area contributed by atoms with Crippen LogP contribution in [0.1, 0.15) is 49.3 Å². The minimum Gasteiger partial charge on any atom is -0.494 e. The van der Waals surface area contributed by atoms with E-state index in [1.54, 1.807) is 18.9 Å². The molecular formula is C29H44N6O5. The minimum atomic E-state index is -0.183. The number of carbonyl (C=O) groups is 2. The molecule has 1 aromatic carbocycles. The summed E-state index contributed by atoms with van der Waals surface area (Å²) >= 11 is 0. The molecule has 2 atom stereocenters. The Hall–Kier alpha value is -3.02. The van der Waals surface area contributed by atoms with Crippen molar-refractivity contribution in [3.8, 4) is 11.4 Å². The molecule has 0 aliphatic carbocycles. The van der Waals surface area contributed by atoms with Crippen molar-refractivity contribution in [3.05, 3.63) is 35.7 Å². The standard InChI is InChI=1S/C29H44N6O5/c1-21(2)20-34(23-17-22(18-30-19-23)28(36)33-12-15-40-16-13-33)29(37)27-25(10-7-8-14-38-3)35(32-31-27)24-9-5-6-11-26(24)39-4/h5-6,9,11,21-23,30H,7-8,10,12-20H2,1-4H3/t22-,23+/m1/s1. The van der Waals surface area contributed by atoms with Crippen LogP contribution in [-0.4, -0.2) is 109 Å². The molecule has 1 aromatic heterocycles. The van der Waals surface area contributed by atoms with Crippen LogP contribution in [0.25, 0.3) is 5.69 Å². The van der Waals surface area contributed by atoms with Crippen molar-refractivity contribution in [2.75, 3.05) is 66.8 Å². The summed E-state index contributed by atoms with van der Waals surface area (Å²) in [5.41, 5.74) is 1.85. The molecule has 1 N–H and O–H groups in total. The zero-order chi connectivity index (χ0) is 28.5. The number of unbranched alkanes of at least 4 members (excludes halogenated alkanes) is 1. The second-order valence-electron chi connectivity index (χ2n) is 11.0. The van der Waals surface area contributed by atoms with Gasteiger partial charge in [-0.3, -0.25) is 9.59 Å². The summed E-state index contributed by atoms with van der Waals surface area (Å²) in [4.78, 5) is 31.4. The second kappa shape index (κ2) is 14.6. The molecule has 2 aliphatic rings. The lowest BCUT2D eigenvalue weighted by Gasteiger charge is -2.40. The van der Waals surface area contributed by atoms with Gasteiger partial charge in [-0.2, -0.15) is 0 Å². The summed E-state index contributed by atoms with van der Waals surface area (Å²) in [7, 11) is 3.31. The van der Waals surface area contributed by atoms with Gasteiger partial charge in [-0.1, -0.05) is 31.2 Å². The van der Waals surface area contributed by atoms with E-state index in [0.29, 0.717) is 76.8 Å². The fourth-order valence-corrected chi connectivity index (χ4v) is 5.54. The number of rotatable bonds is 12. The number of nitrogens with one attached hydrogen (secondary N) is 1. The lowest BCUT2D eigenvalue weighted by atomic mass is 9.92. The van der Waals surface area contributed by atoms with Crippen molar-refractivity contribution in [2.24, 2.45) is 11.8 Å². The van der Waals surface area contributed by atoms with Gasteiger partial charge in [-0.05, 0) is 43.7 Å². The molecule has 40 heavy (non-hydrogen) atoms. The number of amides is 2. The first kappa shape index (κ1) is 30.0. The highest BCUT2D eigenvalue weighted by atomic mass is 16.5. The highest BCUT2D eigenvalue weighted by Crippen LogP contribution is 2.27. The molecule has 0 spiro atoms. The highest BCUT2D eigenvalue weighted by molar-refractivity contribution is 5.94. The Bertz CT molecular complexity index is 1120. The first-order chi connectivity index (χ1) is 19.4. The van der Waals surface area contributed by atoms with Gasteiger partial charge in [0, 0.05) is 52.5 Å². The molecule has 11 nitrogen and oxygen atoms in total. The van der Waals surface area contributed by atoms with Crippen molar-refractivity contribution in [2.45, 2.75) is 45.6 Å². The Morgan fingerprint density at radius 3 is 2.65 bits per heavy atom. The summed E-state index contributed by atoms with van der Waals surface area (Å²) in [5, 5.41) is 12.3. The number of methoxy groups -OCH3 is 2. The molecule has 2 aromatic rings. The predicted molar refractivity (Wildman–Crippen MR) is 151 cm³/mol. The van der Waals surface area contributed by atoms with Gasteiger partial charge in [0.15, 0.2) is 5.69 Å². The van der Waals surface area contributed by atoms with E-state index >= 15 is 0 Å². The van der Waals surface area contributed by atoms with Gasteiger partial charge in [-0.15, -0.1) is 5.10 Å². The molecule has 2 saturated heterocycles. The van der Waals surface area contributed by atoms with E-state index < -0.39 is 0 Å². The number of ether oxygens (including phenoxy) is 3. The van der Waals surface area contributed by atoms with Crippen molar-refractivity contribution >= 4 is 11.8 Å². The Kier molecular flexibility index (Phi) is 10.9. The predicted octanol–water partition coefficient (Wildman–Crippen LogP) is 2.18. The van der Waals surface area contributed by atoms with E-state index in [1.165, 1.54) is 0 Å². The molecule has 4 rings (SSSR count). The maximum atomic E-state index is 14.3. The molecule has 3 heterocycles. The fourth-order valence-electron chi connectivity index (χ4n) is 5.54. The van der Waals surface area contributed by atoms with Gasteiger partial charge in [-0.25, -0.2) is 4.68 Å². The molecule has 2 aliphatic heterocycles. The zero-order valence-corrected chi connectivity index (χ0v) is 24.3. The molecule has 0 saturated carbocycles. The summed E-state index contributed by atoms with van der Waals surface area (Å²) in [5.74, 6) is 0.705. The van der Waals surface area contributed by atoms with E-state index in [9.17, 15) is 9.59 Å². The normalized spacial score (nSPS) is 19.6. The summed E-state index contributed by atoms with van der Waals surface area (Å²) in [6.07, 6.45) is 2.91. The number of piperidine rings is 1. The van der Waals surface area contributed by atoms with Crippen LogP contribution in [-0.2, 0) is 20.7 Å². The number of carbonyl (C=O) groups excluding carboxylic acids is 2. The lowest BCUT2D eigenvalue weighted by molar-refractivity contribution is -0.140. The number of hydrogen-bond acceptors (Lipinski definition) is 8. The van der Waals surface area contributed by atoms with Gasteiger partial charge in [0.25, 0.3) is 5.91 Å². The maximum absolute atomic E-state index is 14.3. The second-order valence-corrected chi connectivity index (χ2v) is 11.0. The number of hydrogen-bond donors (Lipinski definition) is 1. The maximum Gasteiger partial charge on any atom is 0.276 e. The van der Waals surface area contributed by atoms with E-state index in [-0.39, 0.29) is 29.7 Å². The fraction of sp³-hybridized carbons (Fsp3) is 0.655. The Morgan fingerprint density at radius 1 is 1.15 bits per heavy atom. The zero-order valence-electron chi connectivity index (χ0n) is 24.3. The number of morpholine rings is 1. The van der Waals surface area contributed by atoms with Crippen LogP contribution in [0.4, 0.5) is 0 Å². The SMILES string of the molecule is COCCCCc1c(C(=O)N(CC(C)C)[C@@H]2CNC[C@H](C(=O)N3CCOCC3)C2)nnn1-c1ccccc1OC. The van der Waals surface area contributed by atoms with Crippen LogP contribution >= 0.6 is 0 Å². The molecule has 0 unspecified atom stereocenters. The smallest absolute Gasteiger partial charge is 0.276 e. The molecule has 220 valence electrons. The van der Waals surface area contributed by atoms with Crippen LogP contribution in [0.3, 0.4) is 0 Å². The first-order valence-electron chi connectivity index (χ1n) is 14.4. The van der Waals surface area contributed by atoms with Crippen LogP contribution in [0.15, 0.2) is 24.3 Å². The number of para-hydroxylation sites is 2. The van der Waals surface area contributed by atoms with Gasteiger partial charge in [0.2, 0.25) is 5.91 Å². The van der Waals surface area contributed by atoms with Crippen LogP contribution in [0.2, 0.25) is 0 Å². The van der Waals surface area contributed by atoms with E-state index in [0.717, 1.165) is 24.2 Å². The average Bonchev–Trinajstić information content (AvgIpc) is 3.41.